The SMILES string of the molecule is NC(=O)[C@H]1CC[C@@H](n2c(Nc3cccc(Cl)c3)nc3cnc(NC4CCCC4)nc32)CC1. The van der Waals surface area contributed by atoms with Gasteiger partial charge in [0.2, 0.25) is 17.8 Å². The molecule has 32 heavy (non-hydrogen) atoms. The molecule has 3 aromatic rings. The standard InChI is InChI=1S/C23H28ClN7O/c24-15-4-3-7-17(12-15)28-23-29-19-13-26-22(27-16-5-1-2-6-16)30-21(19)31(23)18-10-8-14(9-11-18)20(25)32/h3-4,7,12-14,16,18H,1-2,5-6,8-11H2,(H2,25,32)(H,28,29)(H,26,27,30)/t14-,18+. The molecule has 0 aliphatic heterocycles. The molecular formula is C23H28ClN7O. The van der Waals surface area contributed by atoms with E-state index in [1.54, 1.807) is 6.20 Å². The summed E-state index contributed by atoms with van der Waals surface area (Å²) >= 11 is 6.18. The first kappa shape index (κ1) is 21.0. The van der Waals surface area contributed by atoms with Gasteiger partial charge in [0.15, 0.2) is 5.65 Å². The van der Waals surface area contributed by atoms with Crippen molar-refractivity contribution in [3.05, 3.63) is 35.5 Å². The second-order valence-corrected chi connectivity index (χ2v) is 9.31. The van der Waals surface area contributed by atoms with Crippen LogP contribution >= 0.6 is 11.6 Å². The summed E-state index contributed by atoms with van der Waals surface area (Å²) in [5, 5.41) is 7.56. The van der Waals surface area contributed by atoms with Crippen molar-refractivity contribution in [1.29, 1.82) is 0 Å². The number of primary amides is 1. The minimum Gasteiger partial charge on any atom is -0.369 e. The third-order valence-corrected chi connectivity index (χ3v) is 6.90. The van der Waals surface area contributed by atoms with Gasteiger partial charge in [0.25, 0.3) is 0 Å². The number of halogens is 1. The summed E-state index contributed by atoms with van der Waals surface area (Å²) < 4.78 is 2.16. The van der Waals surface area contributed by atoms with Crippen molar-refractivity contribution < 1.29 is 4.79 Å². The Labute approximate surface area is 192 Å². The van der Waals surface area contributed by atoms with E-state index >= 15 is 0 Å². The Morgan fingerprint density at radius 1 is 1.09 bits per heavy atom. The fraction of sp³-hybridized carbons (Fsp3) is 0.478. The number of carbonyl (C=O) groups is 1. The second kappa shape index (κ2) is 8.94. The van der Waals surface area contributed by atoms with Gasteiger partial charge in [-0.3, -0.25) is 9.36 Å². The molecule has 0 unspecified atom stereocenters. The largest absolute Gasteiger partial charge is 0.369 e. The average molecular weight is 454 g/mol. The summed E-state index contributed by atoms with van der Waals surface area (Å²) in [6, 6.07) is 8.17. The number of hydrogen-bond acceptors (Lipinski definition) is 6. The Kier molecular flexibility index (Phi) is 5.87. The number of hydrogen-bond donors (Lipinski definition) is 3. The number of nitrogens with two attached hydrogens (primary N) is 1. The van der Waals surface area contributed by atoms with Gasteiger partial charge in [0.1, 0.15) is 5.52 Å². The third-order valence-electron chi connectivity index (χ3n) is 6.67. The molecule has 1 amide bonds. The molecule has 5 rings (SSSR count). The lowest BCUT2D eigenvalue weighted by molar-refractivity contribution is -0.122. The van der Waals surface area contributed by atoms with Gasteiger partial charge in [-0.05, 0) is 56.7 Å². The number of aromatic nitrogens is 4. The molecule has 8 nitrogen and oxygen atoms in total. The Morgan fingerprint density at radius 3 is 2.59 bits per heavy atom. The Hall–Kier alpha value is -2.87. The first-order valence-corrected chi connectivity index (χ1v) is 11.8. The Bertz CT molecular complexity index is 1120. The van der Waals surface area contributed by atoms with Crippen LogP contribution in [0, 0.1) is 5.92 Å². The van der Waals surface area contributed by atoms with Gasteiger partial charge in [0.05, 0.1) is 6.20 Å². The van der Waals surface area contributed by atoms with Crippen LogP contribution in [-0.2, 0) is 4.79 Å². The van der Waals surface area contributed by atoms with Gasteiger partial charge in [-0.15, -0.1) is 0 Å². The number of rotatable bonds is 6. The molecule has 2 aliphatic carbocycles. The highest BCUT2D eigenvalue weighted by Gasteiger charge is 2.29. The van der Waals surface area contributed by atoms with Gasteiger partial charge in [-0.2, -0.15) is 4.98 Å². The number of benzene rings is 1. The number of imidazole rings is 1. The van der Waals surface area contributed by atoms with E-state index in [1.165, 1.54) is 12.8 Å². The molecule has 0 atom stereocenters. The van der Waals surface area contributed by atoms with Crippen LogP contribution in [0.4, 0.5) is 17.6 Å². The van der Waals surface area contributed by atoms with Gasteiger partial charge < -0.3 is 16.4 Å². The maximum atomic E-state index is 11.7. The van der Waals surface area contributed by atoms with Crippen LogP contribution in [-0.4, -0.2) is 31.5 Å². The molecule has 2 heterocycles. The first-order valence-electron chi connectivity index (χ1n) is 11.4. The number of anilines is 3. The lowest BCUT2D eigenvalue weighted by Crippen LogP contribution is -2.28. The van der Waals surface area contributed by atoms with Crippen molar-refractivity contribution in [2.45, 2.75) is 63.5 Å². The van der Waals surface area contributed by atoms with Crippen molar-refractivity contribution in [2.24, 2.45) is 11.7 Å². The summed E-state index contributed by atoms with van der Waals surface area (Å²) in [5.41, 5.74) is 7.95. The lowest BCUT2D eigenvalue weighted by atomic mass is 9.85. The Morgan fingerprint density at radius 2 is 1.88 bits per heavy atom. The molecule has 2 saturated carbocycles. The van der Waals surface area contributed by atoms with E-state index in [0.29, 0.717) is 23.0 Å². The van der Waals surface area contributed by atoms with Crippen LogP contribution in [0.15, 0.2) is 30.5 Å². The van der Waals surface area contributed by atoms with Crippen molar-refractivity contribution in [3.63, 3.8) is 0 Å². The number of nitrogens with zero attached hydrogens (tertiary/aromatic N) is 4. The van der Waals surface area contributed by atoms with Crippen LogP contribution in [0.3, 0.4) is 0 Å². The summed E-state index contributed by atoms with van der Waals surface area (Å²) in [7, 11) is 0. The highest BCUT2D eigenvalue weighted by atomic mass is 35.5. The molecule has 2 fully saturated rings. The van der Waals surface area contributed by atoms with Crippen molar-refractivity contribution >= 4 is 46.3 Å². The number of fused-ring (bicyclic) bond motifs is 1. The minimum atomic E-state index is -0.207. The van der Waals surface area contributed by atoms with Crippen LogP contribution in [0.5, 0.6) is 0 Å². The molecular weight excluding hydrogens is 426 g/mol. The Balaban J connectivity index is 1.50. The summed E-state index contributed by atoms with van der Waals surface area (Å²) in [6.07, 6.45) is 9.82. The number of nitrogens with one attached hydrogen (secondary N) is 2. The maximum Gasteiger partial charge on any atom is 0.224 e. The van der Waals surface area contributed by atoms with Gasteiger partial charge >= 0.3 is 0 Å². The second-order valence-electron chi connectivity index (χ2n) is 8.88. The quantitative estimate of drug-likeness (QED) is 0.494. The zero-order chi connectivity index (χ0) is 22.1. The van der Waals surface area contributed by atoms with E-state index in [1.807, 2.05) is 24.3 Å². The molecule has 4 N–H and O–H groups in total. The van der Waals surface area contributed by atoms with Crippen molar-refractivity contribution in [3.8, 4) is 0 Å². The van der Waals surface area contributed by atoms with Gasteiger partial charge in [-0.25, -0.2) is 9.97 Å². The van der Waals surface area contributed by atoms with E-state index in [4.69, 9.17) is 27.3 Å². The zero-order valence-electron chi connectivity index (χ0n) is 17.9. The molecule has 0 radical (unpaired) electrons. The zero-order valence-corrected chi connectivity index (χ0v) is 18.7. The van der Waals surface area contributed by atoms with E-state index in [-0.39, 0.29) is 17.9 Å². The minimum absolute atomic E-state index is 0.0559. The van der Waals surface area contributed by atoms with Gasteiger partial charge in [-0.1, -0.05) is 30.5 Å². The average Bonchev–Trinajstić information content (AvgIpc) is 3.41. The maximum absolute atomic E-state index is 11.7. The predicted molar refractivity (Wildman–Crippen MR) is 126 cm³/mol. The van der Waals surface area contributed by atoms with E-state index in [2.05, 4.69) is 20.2 Å². The third kappa shape index (κ3) is 4.37. The summed E-state index contributed by atoms with van der Waals surface area (Å²) in [6.45, 7) is 0. The molecule has 0 spiro atoms. The topological polar surface area (TPSA) is 111 Å². The fourth-order valence-corrected chi connectivity index (χ4v) is 5.15. The highest BCUT2D eigenvalue weighted by Crippen LogP contribution is 2.37. The molecule has 0 saturated heterocycles. The van der Waals surface area contributed by atoms with Crippen LogP contribution in [0.2, 0.25) is 5.02 Å². The van der Waals surface area contributed by atoms with E-state index < -0.39 is 0 Å². The molecule has 0 bridgehead atoms. The van der Waals surface area contributed by atoms with Crippen LogP contribution in [0.1, 0.15) is 57.4 Å². The number of carbonyl (C=O) groups excluding carboxylic acids is 1. The van der Waals surface area contributed by atoms with E-state index in [0.717, 1.165) is 55.4 Å². The number of amides is 1. The molecule has 2 aromatic heterocycles. The summed E-state index contributed by atoms with van der Waals surface area (Å²) in [4.78, 5) is 25.8. The normalized spacial score (nSPS) is 21.7. The van der Waals surface area contributed by atoms with Crippen LogP contribution < -0.4 is 16.4 Å². The van der Waals surface area contributed by atoms with Crippen molar-refractivity contribution in [1.82, 2.24) is 19.5 Å². The van der Waals surface area contributed by atoms with Crippen LogP contribution in [0.25, 0.3) is 11.2 Å². The molecule has 168 valence electrons. The smallest absolute Gasteiger partial charge is 0.224 e. The lowest BCUT2D eigenvalue weighted by Gasteiger charge is -2.29. The first-order chi connectivity index (χ1) is 15.6. The van der Waals surface area contributed by atoms with Crippen molar-refractivity contribution in [2.75, 3.05) is 10.6 Å². The highest BCUT2D eigenvalue weighted by molar-refractivity contribution is 6.30. The van der Waals surface area contributed by atoms with E-state index in [9.17, 15) is 4.79 Å². The monoisotopic (exact) mass is 453 g/mol. The van der Waals surface area contributed by atoms with Gasteiger partial charge in [0, 0.05) is 28.7 Å². The molecule has 9 heteroatoms. The molecule has 2 aliphatic rings. The fourth-order valence-electron chi connectivity index (χ4n) is 4.96. The summed E-state index contributed by atoms with van der Waals surface area (Å²) in [5.74, 6) is 1.09. The predicted octanol–water partition coefficient (Wildman–Crippen LogP) is 4.79. The molecule has 1 aromatic carbocycles.